The van der Waals surface area contributed by atoms with Crippen molar-refractivity contribution < 1.29 is 0 Å². The van der Waals surface area contributed by atoms with Crippen molar-refractivity contribution in [3.8, 4) is 0 Å². The van der Waals surface area contributed by atoms with Gasteiger partial charge in [-0.3, -0.25) is 9.36 Å². The molecule has 5 heteroatoms. The van der Waals surface area contributed by atoms with E-state index >= 15 is 0 Å². The first-order chi connectivity index (χ1) is 6.83. The second-order valence-corrected chi connectivity index (χ2v) is 2.91. The van der Waals surface area contributed by atoms with Crippen molar-refractivity contribution in [1.82, 2.24) is 14.5 Å². The van der Waals surface area contributed by atoms with Crippen LogP contribution in [-0.4, -0.2) is 21.1 Å². The molecule has 0 aliphatic carbocycles. The van der Waals surface area contributed by atoms with Crippen molar-refractivity contribution in [2.75, 3.05) is 6.54 Å². The smallest absolute Gasteiger partial charge is 0.262 e. The van der Waals surface area contributed by atoms with E-state index in [9.17, 15) is 4.79 Å². The maximum absolute atomic E-state index is 11.7. The molecule has 5 nitrogen and oxygen atoms in total. The van der Waals surface area contributed by atoms with Gasteiger partial charge in [0.2, 0.25) is 0 Å². The summed E-state index contributed by atoms with van der Waals surface area (Å²) in [6.07, 6.45) is 3.09. The molecule has 0 radical (unpaired) electrons. The molecule has 0 aliphatic heterocycles. The maximum Gasteiger partial charge on any atom is 0.262 e. The fraction of sp³-hybridized carbons (Fsp3) is 0.222. The Kier molecular flexibility index (Phi) is 2.24. The Labute approximate surface area is 80.2 Å². The third kappa shape index (κ3) is 1.38. The molecule has 0 bridgehead atoms. The number of hydrogen-bond donors (Lipinski definition) is 1. The largest absolute Gasteiger partial charge is 0.329 e. The van der Waals surface area contributed by atoms with E-state index in [2.05, 4.69) is 9.97 Å². The first-order valence-corrected chi connectivity index (χ1v) is 4.33. The van der Waals surface area contributed by atoms with Crippen molar-refractivity contribution >= 4 is 11.0 Å². The summed E-state index contributed by atoms with van der Waals surface area (Å²) in [6, 6.07) is 3.43. The van der Waals surface area contributed by atoms with Crippen LogP contribution in [0.2, 0.25) is 0 Å². The quantitative estimate of drug-likeness (QED) is 0.708. The minimum Gasteiger partial charge on any atom is -0.329 e. The Morgan fingerprint density at radius 2 is 2.29 bits per heavy atom. The summed E-state index contributed by atoms with van der Waals surface area (Å²) in [5.41, 5.74) is 5.76. The molecule has 0 amide bonds. The Bertz CT molecular complexity index is 505. The normalized spacial score (nSPS) is 10.6. The van der Waals surface area contributed by atoms with Gasteiger partial charge in [0.1, 0.15) is 6.33 Å². The highest BCUT2D eigenvalue weighted by atomic mass is 16.1. The van der Waals surface area contributed by atoms with Gasteiger partial charge in [0.05, 0.1) is 5.39 Å². The predicted molar refractivity (Wildman–Crippen MR) is 52.9 cm³/mol. The van der Waals surface area contributed by atoms with E-state index in [1.165, 1.54) is 10.9 Å². The molecule has 2 rings (SSSR count). The molecule has 0 saturated carbocycles. The Morgan fingerprint density at radius 3 is 3.07 bits per heavy atom. The lowest BCUT2D eigenvalue weighted by molar-refractivity contribution is 0.673. The Morgan fingerprint density at radius 1 is 1.43 bits per heavy atom. The highest BCUT2D eigenvalue weighted by Crippen LogP contribution is 2.00. The molecule has 2 aromatic rings. The van der Waals surface area contributed by atoms with Crippen molar-refractivity contribution in [3.05, 3.63) is 35.0 Å². The van der Waals surface area contributed by atoms with Gasteiger partial charge in [-0.05, 0) is 12.1 Å². The van der Waals surface area contributed by atoms with E-state index in [4.69, 9.17) is 5.73 Å². The van der Waals surface area contributed by atoms with E-state index < -0.39 is 0 Å². The summed E-state index contributed by atoms with van der Waals surface area (Å²) in [6.45, 7) is 0.907. The zero-order valence-electron chi connectivity index (χ0n) is 7.55. The van der Waals surface area contributed by atoms with Gasteiger partial charge in [0, 0.05) is 19.3 Å². The maximum atomic E-state index is 11.7. The van der Waals surface area contributed by atoms with Gasteiger partial charge in [0.25, 0.3) is 5.56 Å². The van der Waals surface area contributed by atoms with Crippen molar-refractivity contribution in [1.29, 1.82) is 0 Å². The number of nitrogens with zero attached hydrogens (tertiary/aromatic N) is 3. The summed E-state index contributed by atoms with van der Waals surface area (Å²) < 4.78 is 1.49. The molecule has 0 atom stereocenters. The molecule has 2 N–H and O–H groups in total. The van der Waals surface area contributed by atoms with Crippen LogP contribution < -0.4 is 11.3 Å². The molecular weight excluding hydrogens is 180 g/mol. The number of nitrogens with two attached hydrogens (primary N) is 1. The molecule has 0 aromatic carbocycles. The zero-order valence-corrected chi connectivity index (χ0v) is 7.55. The molecule has 14 heavy (non-hydrogen) atoms. The number of rotatable bonds is 2. The molecule has 0 fully saturated rings. The van der Waals surface area contributed by atoms with Crippen molar-refractivity contribution in [2.24, 2.45) is 5.73 Å². The standard InChI is InChI=1S/C9H10N4O/c10-3-5-13-6-12-8-7(9(13)14)2-1-4-11-8/h1-2,4,6H,3,5,10H2. The first-order valence-electron chi connectivity index (χ1n) is 4.33. The van der Waals surface area contributed by atoms with Crippen LogP contribution in [0.3, 0.4) is 0 Å². The van der Waals surface area contributed by atoms with Crippen LogP contribution in [0.4, 0.5) is 0 Å². The van der Waals surface area contributed by atoms with Gasteiger partial charge >= 0.3 is 0 Å². The monoisotopic (exact) mass is 190 g/mol. The highest BCUT2D eigenvalue weighted by molar-refractivity contribution is 5.72. The summed E-state index contributed by atoms with van der Waals surface area (Å²) >= 11 is 0. The minimum atomic E-state index is -0.0893. The number of fused-ring (bicyclic) bond motifs is 1. The average molecular weight is 190 g/mol. The molecule has 0 saturated heterocycles. The molecule has 2 aromatic heterocycles. The summed E-state index contributed by atoms with van der Waals surface area (Å²) in [5, 5.41) is 0.531. The second-order valence-electron chi connectivity index (χ2n) is 2.91. The molecular formula is C9H10N4O. The zero-order chi connectivity index (χ0) is 9.97. The fourth-order valence-corrected chi connectivity index (χ4v) is 1.30. The highest BCUT2D eigenvalue weighted by Gasteiger charge is 2.02. The van der Waals surface area contributed by atoms with E-state index in [0.717, 1.165) is 0 Å². The van der Waals surface area contributed by atoms with Gasteiger partial charge < -0.3 is 5.73 Å². The van der Waals surface area contributed by atoms with E-state index in [0.29, 0.717) is 24.1 Å². The average Bonchev–Trinajstić information content (AvgIpc) is 2.23. The summed E-state index contributed by atoms with van der Waals surface area (Å²) in [5.74, 6) is 0. The lowest BCUT2D eigenvalue weighted by Crippen LogP contribution is -2.24. The number of hydrogen-bond acceptors (Lipinski definition) is 4. The van der Waals surface area contributed by atoms with Crippen LogP contribution in [0.5, 0.6) is 0 Å². The minimum absolute atomic E-state index is 0.0893. The van der Waals surface area contributed by atoms with E-state index in [1.807, 2.05) is 0 Å². The third-order valence-corrected chi connectivity index (χ3v) is 1.97. The van der Waals surface area contributed by atoms with E-state index in [1.54, 1.807) is 18.3 Å². The van der Waals surface area contributed by atoms with Crippen LogP contribution in [0, 0.1) is 0 Å². The van der Waals surface area contributed by atoms with Gasteiger partial charge in [0.15, 0.2) is 5.65 Å². The lowest BCUT2D eigenvalue weighted by Gasteiger charge is -2.02. The van der Waals surface area contributed by atoms with Crippen LogP contribution in [0.15, 0.2) is 29.5 Å². The van der Waals surface area contributed by atoms with Crippen LogP contribution in [0.1, 0.15) is 0 Å². The van der Waals surface area contributed by atoms with Crippen LogP contribution in [0.25, 0.3) is 11.0 Å². The molecule has 2 heterocycles. The topological polar surface area (TPSA) is 73.8 Å². The molecule has 0 aliphatic rings. The Hall–Kier alpha value is -1.75. The molecule has 0 unspecified atom stereocenters. The summed E-state index contributed by atoms with van der Waals surface area (Å²) in [4.78, 5) is 19.8. The lowest BCUT2D eigenvalue weighted by atomic mass is 10.3. The Balaban J connectivity index is 2.69. The first kappa shape index (κ1) is 8.83. The van der Waals surface area contributed by atoms with Gasteiger partial charge in [-0.2, -0.15) is 0 Å². The van der Waals surface area contributed by atoms with Gasteiger partial charge in [-0.15, -0.1) is 0 Å². The SMILES string of the molecule is NCCn1cnc2ncccc2c1=O. The molecule has 72 valence electrons. The van der Waals surface area contributed by atoms with Crippen LogP contribution in [-0.2, 0) is 6.54 Å². The third-order valence-electron chi connectivity index (χ3n) is 1.97. The van der Waals surface area contributed by atoms with Gasteiger partial charge in [-0.25, -0.2) is 9.97 Å². The second kappa shape index (κ2) is 3.55. The number of aromatic nitrogens is 3. The van der Waals surface area contributed by atoms with E-state index in [-0.39, 0.29) is 5.56 Å². The van der Waals surface area contributed by atoms with Crippen molar-refractivity contribution in [3.63, 3.8) is 0 Å². The van der Waals surface area contributed by atoms with Gasteiger partial charge in [-0.1, -0.05) is 0 Å². The predicted octanol–water partition coefficient (Wildman–Crippen LogP) is -0.250. The number of pyridine rings is 1. The molecule has 0 spiro atoms. The van der Waals surface area contributed by atoms with Crippen LogP contribution >= 0.6 is 0 Å². The summed E-state index contributed by atoms with van der Waals surface area (Å²) in [7, 11) is 0. The fourth-order valence-electron chi connectivity index (χ4n) is 1.30. The van der Waals surface area contributed by atoms with Crippen molar-refractivity contribution in [2.45, 2.75) is 6.54 Å².